The molecular weight excluding hydrogens is 469 g/mol. The highest BCUT2D eigenvalue weighted by molar-refractivity contribution is 5.96. The van der Waals surface area contributed by atoms with Crippen molar-refractivity contribution in [3.63, 3.8) is 0 Å². The largest absolute Gasteiger partial charge is 0.489 e. The smallest absolute Gasteiger partial charge is 0.305 e. The molecule has 0 aliphatic rings. The van der Waals surface area contributed by atoms with Crippen LogP contribution >= 0.6 is 0 Å². The maximum absolute atomic E-state index is 13.7. The highest BCUT2D eigenvalue weighted by Crippen LogP contribution is 2.25. The zero-order valence-electron chi connectivity index (χ0n) is 22.3. The molecule has 1 N–H and O–H groups in total. The van der Waals surface area contributed by atoms with Crippen LogP contribution in [0, 0.1) is 25.6 Å². The van der Waals surface area contributed by atoms with Crippen LogP contribution in [0.5, 0.6) is 5.75 Å². The van der Waals surface area contributed by atoms with E-state index in [2.05, 4.69) is 51.2 Å². The third kappa shape index (κ3) is 8.45. The molecular formula is C31H36FNO4. The van der Waals surface area contributed by atoms with Crippen LogP contribution in [0.4, 0.5) is 4.39 Å². The molecule has 3 aromatic rings. The lowest BCUT2D eigenvalue weighted by Gasteiger charge is -2.23. The molecule has 0 aliphatic heterocycles. The third-order valence-corrected chi connectivity index (χ3v) is 6.11. The molecule has 0 spiro atoms. The minimum absolute atomic E-state index is 0.160. The number of carbonyl (C=O) groups is 2. The number of amides is 1. The molecule has 1 atom stereocenters. The molecule has 196 valence electrons. The number of esters is 1. The van der Waals surface area contributed by atoms with E-state index in [4.69, 9.17) is 9.47 Å². The summed E-state index contributed by atoms with van der Waals surface area (Å²) in [5, 5.41) is 3.24. The first-order valence-electron chi connectivity index (χ1n) is 12.6. The summed E-state index contributed by atoms with van der Waals surface area (Å²) >= 11 is 0. The van der Waals surface area contributed by atoms with E-state index in [1.165, 1.54) is 19.2 Å². The third-order valence-electron chi connectivity index (χ3n) is 6.11. The van der Waals surface area contributed by atoms with Crippen molar-refractivity contribution in [1.29, 1.82) is 0 Å². The number of nitrogens with one attached hydrogen (secondary N) is 1. The summed E-state index contributed by atoms with van der Waals surface area (Å²) in [6.07, 6.45) is 1.33. The van der Waals surface area contributed by atoms with E-state index in [9.17, 15) is 14.0 Å². The summed E-state index contributed by atoms with van der Waals surface area (Å²) in [6, 6.07) is 17.6. The van der Waals surface area contributed by atoms with Gasteiger partial charge in [0.2, 0.25) is 0 Å². The van der Waals surface area contributed by atoms with Crippen LogP contribution in [0.25, 0.3) is 0 Å². The number of benzene rings is 3. The molecule has 0 saturated heterocycles. The Morgan fingerprint density at radius 1 is 0.973 bits per heavy atom. The van der Waals surface area contributed by atoms with Gasteiger partial charge in [-0.05, 0) is 67.5 Å². The standard InChI is InChI=1S/C31H36FNO4/c1-20(2)13-29(25-15-21(3)14-22(4)16-25)33-31(35)28-17-23(9-10-24(28)11-12-30(34)36-5)19-37-27-8-6-7-26(32)18-27/h6-10,14-18,20,29H,11-13,19H2,1-5H3,(H,33,35)/t29-/m1/s1. The van der Waals surface area contributed by atoms with Crippen molar-refractivity contribution in [2.45, 2.75) is 59.6 Å². The van der Waals surface area contributed by atoms with Crippen molar-refractivity contribution in [3.05, 3.63) is 99.9 Å². The fraction of sp³-hybridized carbons (Fsp3) is 0.355. The average molecular weight is 506 g/mol. The molecule has 0 aliphatic carbocycles. The summed E-state index contributed by atoms with van der Waals surface area (Å²) in [5.74, 6) is -0.142. The summed E-state index contributed by atoms with van der Waals surface area (Å²) in [6.45, 7) is 8.55. The van der Waals surface area contributed by atoms with Crippen LogP contribution in [0.3, 0.4) is 0 Å². The lowest BCUT2D eigenvalue weighted by Crippen LogP contribution is -2.30. The molecule has 0 bridgehead atoms. The van der Waals surface area contributed by atoms with Crippen molar-refractivity contribution < 1.29 is 23.5 Å². The SMILES string of the molecule is COC(=O)CCc1ccc(COc2cccc(F)c2)cc1C(=O)N[C@H](CC(C)C)c1cc(C)cc(C)c1. The number of hydrogen-bond donors (Lipinski definition) is 1. The van der Waals surface area contributed by atoms with E-state index < -0.39 is 0 Å². The van der Waals surface area contributed by atoms with Crippen molar-refractivity contribution >= 4 is 11.9 Å². The van der Waals surface area contributed by atoms with Gasteiger partial charge in [-0.1, -0.05) is 61.4 Å². The Kier molecular flexibility index (Phi) is 9.84. The van der Waals surface area contributed by atoms with Gasteiger partial charge in [0, 0.05) is 18.1 Å². The summed E-state index contributed by atoms with van der Waals surface area (Å²) < 4.78 is 24.1. The lowest BCUT2D eigenvalue weighted by molar-refractivity contribution is -0.140. The number of rotatable bonds is 11. The first-order chi connectivity index (χ1) is 17.6. The second-order valence-corrected chi connectivity index (χ2v) is 9.89. The molecule has 0 fully saturated rings. The van der Waals surface area contributed by atoms with E-state index in [0.717, 1.165) is 34.2 Å². The van der Waals surface area contributed by atoms with E-state index in [1.807, 2.05) is 12.1 Å². The second kappa shape index (κ2) is 13.0. The average Bonchev–Trinajstić information content (AvgIpc) is 2.85. The quantitative estimate of drug-likeness (QED) is 0.297. The van der Waals surface area contributed by atoms with Crippen LogP contribution in [0.1, 0.15) is 70.9 Å². The monoisotopic (exact) mass is 505 g/mol. The molecule has 5 nitrogen and oxygen atoms in total. The van der Waals surface area contributed by atoms with Gasteiger partial charge in [0.15, 0.2) is 0 Å². The maximum atomic E-state index is 13.7. The van der Waals surface area contributed by atoms with Gasteiger partial charge in [-0.25, -0.2) is 4.39 Å². The minimum atomic E-state index is -0.377. The van der Waals surface area contributed by atoms with E-state index in [-0.39, 0.29) is 36.8 Å². The number of halogens is 1. The van der Waals surface area contributed by atoms with Crippen LogP contribution in [-0.2, 0) is 22.6 Å². The van der Waals surface area contributed by atoms with E-state index in [0.29, 0.717) is 23.7 Å². The Morgan fingerprint density at radius 2 is 1.70 bits per heavy atom. The molecule has 3 aromatic carbocycles. The van der Waals surface area contributed by atoms with Crippen LogP contribution < -0.4 is 10.1 Å². The fourth-order valence-electron chi connectivity index (χ4n) is 4.40. The van der Waals surface area contributed by atoms with E-state index >= 15 is 0 Å². The number of methoxy groups -OCH3 is 1. The molecule has 0 aromatic heterocycles. The molecule has 37 heavy (non-hydrogen) atoms. The minimum Gasteiger partial charge on any atom is -0.489 e. The van der Waals surface area contributed by atoms with Gasteiger partial charge in [0.1, 0.15) is 18.2 Å². The molecule has 0 radical (unpaired) electrons. The highest BCUT2D eigenvalue weighted by atomic mass is 19.1. The highest BCUT2D eigenvalue weighted by Gasteiger charge is 2.21. The van der Waals surface area contributed by atoms with Crippen molar-refractivity contribution in [2.24, 2.45) is 5.92 Å². The van der Waals surface area contributed by atoms with Crippen molar-refractivity contribution in [3.8, 4) is 5.75 Å². The summed E-state index contributed by atoms with van der Waals surface area (Å²) in [4.78, 5) is 25.5. The normalized spacial score (nSPS) is 11.8. The van der Waals surface area contributed by atoms with Gasteiger partial charge in [-0.15, -0.1) is 0 Å². The maximum Gasteiger partial charge on any atom is 0.305 e. The van der Waals surface area contributed by atoms with Crippen LogP contribution in [-0.4, -0.2) is 19.0 Å². The van der Waals surface area contributed by atoms with Crippen molar-refractivity contribution in [1.82, 2.24) is 5.32 Å². The molecule has 0 unspecified atom stereocenters. The van der Waals surface area contributed by atoms with Crippen LogP contribution in [0.15, 0.2) is 60.7 Å². The molecule has 0 saturated carbocycles. The number of hydrogen-bond acceptors (Lipinski definition) is 4. The van der Waals surface area contributed by atoms with E-state index in [1.54, 1.807) is 18.2 Å². The predicted molar refractivity (Wildman–Crippen MR) is 143 cm³/mol. The van der Waals surface area contributed by atoms with Gasteiger partial charge in [0.25, 0.3) is 5.91 Å². The predicted octanol–water partition coefficient (Wildman–Crippen LogP) is 6.64. The van der Waals surface area contributed by atoms with Gasteiger partial charge in [0.05, 0.1) is 13.2 Å². The van der Waals surface area contributed by atoms with Crippen molar-refractivity contribution in [2.75, 3.05) is 7.11 Å². The topological polar surface area (TPSA) is 64.6 Å². The first-order valence-corrected chi connectivity index (χ1v) is 12.6. The number of ether oxygens (including phenoxy) is 2. The van der Waals surface area contributed by atoms with Gasteiger partial charge in [-0.3, -0.25) is 9.59 Å². The Hall–Kier alpha value is -3.67. The number of carbonyl (C=O) groups excluding carboxylic acids is 2. The fourth-order valence-corrected chi connectivity index (χ4v) is 4.40. The molecule has 1 amide bonds. The van der Waals surface area contributed by atoms with Gasteiger partial charge in [-0.2, -0.15) is 0 Å². The zero-order chi connectivity index (χ0) is 26.9. The molecule has 0 heterocycles. The van der Waals surface area contributed by atoms with Gasteiger partial charge >= 0.3 is 5.97 Å². The van der Waals surface area contributed by atoms with Gasteiger partial charge < -0.3 is 14.8 Å². The molecule has 6 heteroatoms. The summed E-state index contributed by atoms with van der Waals surface area (Å²) in [7, 11) is 1.35. The Bertz CT molecular complexity index is 1220. The molecule has 3 rings (SSSR count). The van der Waals surface area contributed by atoms with Crippen LogP contribution in [0.2, 0.25) is 0 Å². The summed E-state index contributed by atoms with van der Waals surface area (Å²) in [5.41, 5.74) is 5.37. The number of aryl methyl sites for hydroxylation is 3. The second-order valence-electron chi connectivity index (χ2n) is 9.89. The first kappa shape index (κ1) is 27.9. The Labute approximate surface area is 219 Å². The lowest BCUT2D eigenvalue weighted by atomic mass is 9.93. The Balaban J connectivity index is 1.89. The zero-order valence-corrected chi connectivity index (χ0v) is 22.3. The Morgan fingerprint density at radius 3 is 2.35 bits per heavy atom.